The van der Waals surface area contributed by atoms with Gasteiger partial charge in [-0.2, -0.15) is 9.97 Å². The van der Waals surface area contributed by atoms with Crippen LogP contribution in [0, 0.1) is 5.82 Å². The highest BCUT2D eigenvalue weighted by atomic mass is 35.5. The van der Waals surface area contributed by atoms with Crippen LogP contribution in [0.1, 0.15) is 55.6 Å². The fourth-order valence-corrected chi connectivity index (χ4v) is 7.68. The summed E-state index contributed by atoms with van der Waals surface area (Å²) < 4.78 is 13.4. The minimum atomic E-state index is -0.952. The molecule has 2 amide bonds. The average Bonchev–Trinajstić information content (AvgIpc) is 3.27. The summed E-state index contributed by atoms with van der Waals surface area (Å²) in [7, 11) is 0. The van der Waals surface area contributed by atoms with Gasteiger partial charge in [0.05, 0.1) is 5.60 Å². The molecule has 2 aliphatic rings. The van der Waals surface area contributed by atoms with Gasteiger partial charge in [0, 0.05) is 66.8 Å². The normalized spacial score (nSPS) is 15.2. The molecule has 4 heterocycles. The monoisotopic (exact) mass is 842 g/mol. The maximum atomic E-state index is 13.4. The van der Waals surface area contributed by atoms with E-state index in [0.717, 1.165) is 37.1 Å². The third-order valence-corrected chi connectivity index (χ3v) is 11.1. The molecule has 0 spiro atoms. The molecule has 0 bridgehead atoms. The van der Waals surface area contributed by atoms with Crippen LogP contribution in [0.3, 0.4) is 0 Å². The first-order chi connectivity index (χ1) is 29.6. The van der Waals surface area contributed by atoms with Crippen molar-refractivity contribution in [1.82, 2.24) is 29.9 Å². The molecule has 4 aromatic carbocycles. The number of aliphatic hydroxyl groups is 1. The van der Waals surface area contributed by atoms with Crippen LogP contribution in [0.2, 0.25) is 5.02 Å². The van der Waals surface area contributed by atoms with Crippen molar-refractivity contribution in [3.05, 3.63) is 132 Å². The second-order valence-electron chi connectivity index (χ2n) is 15.1. The van der Waals surface area contributed by atoms with Crippen LogP contribution in [0.4, 0.5) is 50.9 Å². The van der Waals surface area contributed by atoms with Crippen molar-refractivity contribution < 1.29 is 19.1 Å². The number of hydrogen-bond donors (Lipinski definition) is 5. The molecule has 0 unspecified atom stereocenters. The molecule has 17 heteroatoms. The van der Waals surface area contributed by atoms with Gasteiger partial charge in [-0.3, -0.25) is 9.59 Å². The second-order valence-corrected chi connectivity index (χ2v) is 15.5. The summed E-state index contributed by atoms with van der Waals surface area (Å²) in [5.74, 6) is 1.24. The highest BCUT2D eigenvalue weighted by molar-refractivity contribution is 6.30. The summed E-state index contributed by atoms with van der Waals surface area (Å²) >= 11 is 6.04. The van der Waals surface area contributed by atoms with Gasteiger partial charge in [-0.15, -0.1) is 0 Å². The molecule has 0 radical (unpaired) electrons. The maximum Gasteiger partial charge on any atom is 0.231 e. The molecular weight excluding hydrogens is 799 g/mol. The fraction of sp³-hybridized carbons (Fsp3) is 0.273. The molecule has 2 fully saturated rings. The van der Waals surface area contributed by atoms with Crippen LogP contribution in [-0.4, -0.2) is 73.0 Å². The zero-order valence-corrected chi connectivity index (χ0v) is 33.9. The molecule has 312 valence electrons. The van der Waals surface area contributed by atoms with Crippen LogP contribution < -0.4 is 31.1 Å². The first kappa shape index (κ1) is 41.0. The number of carbonyl (C=O) groups excluding carboxylic acids is 2. The third kappa shape index (κ3) is 10.7. The van der Waals surface area contributed by atoms with E-state index in [-0.39, 0.29) is 30.5 Å². The molecule has 61 heavy (non-hydrogen) atoms. The highest BCUT2D eigenvalue weighted by Gasteiger charge is 2.35. The number of halogens is 2. The van der Waals surface area contributed by atoms with Gasteiger partial charge in [-0.25, -0.2) is 24.3 Å². The van der Waals surface area contributed by atoms with Crippen molar-refractivity contribution in [3.8, 4) is 0 Å². The average molecular weight is 843 g/mol. The number of carbonyl (C=O) groups is 2. The van der Waals surface area contributed by atoms with Crippen LogP contribution >= 0.6 is 11.6 Å². The minimum absolute atomic E-state index is 0.0304. The van der Waals surface area contributed by atoms with Gasteiger partial charge in [0.25, 0.3) is 0 Å². The van der Waals surface area contributed by atoms with E-state index in [1.54, 1.807) is 48.5 Å². The van der Waals surface area contributed by atoms with E-state index in [9.17, 15) is 19.1 Å². The number of hydrogen-bond acceptors (Lipinski definition) is 13. The molecule has 0 saturated carbocycles. The number of amides is 2. The summed E-state index contributed by atoms with van der Waals surface area (Å²) in [4.78, 5) is 56.4. The largest absolute Gasteiger partial charge is 0.385 e. The zero-order valence-electron chi connectivity index (χ0n) is 33.1. The molecule has 6 aromatic rings. The lowest BCUT2D eigenvalue weighted by molar-refractivity contribution is -0.121. The Labute approximate surface area is 356 Å². The van der Waals surface area contributed by atoms with Gasteiger partial charge < -0.3 is 36.2 Å². The summed E-state index contributed by atoms with van der Waals surface area (Å²) in [6, 6.07) is 28.3. The van der Waals surface area contributed by atoms with Crippen LogP contribution in [0.25, 0.3) is 0 Å². The molecule has 0 aliphatic carbocycles. The molecule has 5 N–H and O–H groups in total. The first-order valence-corrected chi connectivity index (χ1v) is 20.5. The lowest BCUT2D eigenvalue weighted by atomic mass is 9.84. The number of anilines is 8. The van der Waals surface area contributed by atoms with E-state index in [2.05, 4.69) is 56.1 Å². The molecule has 0 atom stereocenters. The Bertz CT molecular complexity index is 2460. The standard InChI is InChI=1S/C44H44ClFN12O3/c45-32-11-9-31(10-12-32)44(61)19-23-58(24-20-44)43-50-28-48-41(56-43)54-37-6-2-4-35(26-37)52-39(60)16-15-38(59)51-34-3-1-5-36(25-34)53-40-47-27-49-42(55-40)57-21-17-30(18-22-57)29-7-13-33(46)14-8-29/h1-14,25-28,30,61H,15-24H2,(H,51,59)(H,52,60)(H,47,49,53,55)(H,48,50,54,56). The fourth-order valence-electron chi connectivity index (χ4n) is 7.56. The van der Waals surface area contributed by atoms with E-state index >= 15 is 0 Å². The zero-order chi connectivity index (χ0) is 42.2. The molecule has 15 nitrogen and oxygen atoms in total. The van der Waals surface area contributed by atoms with Crippen molar-refractivity contribution in [2.75, 3.05) is 57.2 Å². The summed E-state index contributed by atoms with van der Waals surface area (Å²) in [6.45, 7) is 2.63. The second kappa shape index (κ2) is 18.6. The number of benzene rings is 4. The Morgan fingerprint density at radius 1 is 0.672 bits per heavy atom. The van der Waals surface area contributed by atoms with E-state index < -0.39 is 5.60 Å². The summed E-state index contributed by atoms with van der Waals surface area (Å²) in [6.07, 6.45) is 5.65. The van der Waals surface area contributed by atoms with Crippen LogP contribution in [0.5, 0.6) is 0 Å². The molecular formula is C44H44ClFN12O3. The SMILES string of the molecule is O=C(CCC(=O)Nc1cccc(Nc2ncnc(N3CCC(O)(c4ccc(Cl)cc4)CC3)n2)c1)Nc1cccc(Nc2ncnc(N3CCC(c4ccc(F)cc4)CC3)n2)c1. The Balaban J connectivity index is 0.784. The van der Waals surface area contributed by atoms with Crippen LogP contribution in [-0.2, 0) is 15.2 Å². The van der Waals surface area contributed by atoms with Crippen molar-refractivity contribution in [2.45, 2.75) is 50.0 Å². The van der Waals surface area contributed by atoms with Gasteiger partial charge in [-0.05, 0) is 103 Å². The van der Waals surface area contributed by atoms with Crippen LogP contribution in [0.15, 0.2) is 110 Å². The van der Waals surface area contributed by atoms with Crippen molar-refractivity contribution in [1.29, 1.82) is 0 Å². The summed E-state index contributed by atoms with van der Waals surface area (Å²) in [5, 5.41) is 24.0. The lowest BCUT2D eigenvalue weighted by Gasteiger charge is -2.38. The topological polar surface area (TPSA) is 186 Å². The van der Waals surface area contributed by atoms with Crippen molar-refractivity contribution in [2.24, 2.45) is 0 Å². The van der Waals surface area contributed by atoms with Crippen molar-refractivity contribution >= 4 is 70.0 Å². The van der Waals surface area contributed by atoms with E-state index in [1.807, 2.05) is 41.3 Å². The number of nitrogens with one attached hydrogen (secondary N) is 4. The number of rotatable bonds is 13. The Morgan fingerprint density at radius 3 is 1.69 bits per heavy atom. The van der Waals surface area contributed by atoms with Gasteiger partial charge in [-0.1, -0.05) is 48.0 Å². The predicted octanol–water partition coefficient (Wildman–Crippen LogP) is 7.57. The molecule has 2 aliphatic heterocycles. The Morgan fingerprint density at radius 2 is 1.16 bits per heavy atom. The smallest absolute Gasteiger partial charge is 0.231 e. The quantitative estimate of drug-likeness (QED) is 0.0768. The minimum Gasteiger partial charge on any atom is -0.385 e. The van der Waals surface area contributed by atoms with Gasteiger partial charge >= 0.3 is 0 Å². The summed E-state index contributed by atoms with van der Waals surface area (Å²) in [5.41, 5.74) is 3.42. The Kier molecular flexibility index (Phi) is 12.5. The van der Waals surface area contributed by atoms with E-state index in [1.165, 1.54) is 24.8 Å². The molecule has 2 saturated heterocycles. The number of aromatic nitrogens is 6. The van der Waals surface area contributed by atoms with E-state index in [0.29, 0.717) is 83.4 Å². The highest BCUT2D eigenvalue weighted by Crippen LogP contribution is 2.35. The molecule has 2 aromatic heterocycles. The van der Waals surface area contributed by atoms with Crippen molar-refractivity contribution in [3.63, 3.8) is 0 Å². The number of nitrogens with zero attached hydrogens (tertiary/aromatic N) is 8. The molecule has 8 rings (SSSR count). The maximum absolute atomic E-state index is 13.4. The lowest BCUT2D eigenvalue weighted by Crippen LogP contribution is -2.43. The third-order valence-electron chi connectivity index (χ3n) is 10.9. The number of piperidine rings is 2. The van der Waals surface area contributed by atoms with Gasteiger partial charge in [0.2, 0.25) is 35.6 Å². The Hall–Kier alpha value is -6.78. The predicted molar refractivity (Wildman–Crippen MR) is 233 cm³/mol. The van der Waals surface area contributed by atoms with Gasteiger partial charge in [0.1, 0.15) is 18.5 Å². The van der Waals surface area contributed by atoms with E-state index in [4.69, 9.17) is 11.6 Å². The first-order valence-electron chi connectivity index (χ1n) is 20.1. The van der Waals surface area contributed by atoms with Gasteiger partial charge in [0.15, 0.2) is 0 Å².